The lowest BCUT2D eigenvalue weighted by molar-refractivity contribution is -0.133. The second-order valence-corrected chi connectivity index (χ2v) is 12.3. The van der Waals surface area contributed by atoms with Gasteiger partial charge in [-0.1, -0.05) is 61.2 Å². The zero-order valence-corrected chi connectivity index (χ0v) is 26.3. The van der Waals surface area contributed by atoms with E-state index in [1.54, 1.807) is 31.4 Å². The first-order valence-corrected chi connectivity index (χ1v) is 15.8. The van der Waals surface area contributed by atoms with Crippen LogP contribution in [0.4, 0.5) is 0 Å². The van der Waals surface area contributed by atoms with Gasteiger partial charge in [0.15, 0.2) is 5.65 Å². The van der Waals surface area contributed by atoms with Crippen molar-refractivity contribution >= 4 is 45.6 Å². The van der Waals surface area contributed by atoms with E-state index in [0.29, 0.717) is 49.1 Å². The lowest BCUT2D eigenvalue weighted by atomic mass is 10.1. The second-order valence-electron chi connectivity index (χ2n) is 11.2. The zero-order valence-electron chi connectivity index (χ0n) is 25.4. The van der Waals surface area contributed by atoms with E-state index < -0.39 is 0 Å². The second kappa shape index (κ2) is 12.7. The van der Waals surface area contributed by atoms with Crippen molar-refractivity contribution < 1.29 is 14.3 Å². The van der Waals surface area contributed by atoms with Gasteiger partial charge in [0.2, 0.25) is 11.1 Å². The fraction of sp³-hybridized carbons (Fsp3) is 0.324. The van der Waals surface area contributed by atoms with Gasteiger partial charge in [0.25, 0.3) is 5.91 Å². The number of rotatable bonds is 8. The maximum Gasteiger partial charge on any atom is 0.254 e. The molecular weight excluding hydrogens is 572 g/mol. The first-order chi connectivity index (χ1) is 21.4. The topological polar surface area (TPSA) is 93.5 Å². The van der Waals surface area contributed by atoms with Crippen LogP contribution in [0, 0.1) is 6.92 Å². The minimum atomic E-state index is -0.362. The summed E-state index contributed by atoms with van der Waals surface area (Å²) in [6.07, 6.45) is 0.621. The molecule has 1 saturated heterocycles. The molecule has 6 rings (SSSR count). The van der Waals surface area contributed by atoms with Crippen molar-refractivity contribution in [2.24, 2.45) is 0 Å². The SMILES string of the molecule is CCC(Sc1nnc2c3ccccc3n(Cc3ccccc3C)c2n1)C(=O)N1CCN(C(=O)c2ccc(OC)cc2)C(C)C1. The van der Waals surface area contributed by atoms with E-state index in [1.807, 2.05) is 47.9 Å². The van der Waals surface area contributed by atoms with E-state index >= 15 is 0 Å². The third kappa shape index (κ3) is 5.74. The molecule has 0 radical (unpaired) electrons. The summed E-state index contributed by atoms with van der Waals surface area (Å²) in [7, 11) is 1.60. The highest BCUT2D eigenvalue weighted by Gasteiger charge is 2.33. The average molecular weight is 609 g/mol. The Labute approximate surface area is 261 Å². The Morgan fingerprint density at radius 1 is 1.00 bits per heavy atom. The molecule has 2 atom stereocenters. The highest BCUT2D eigenvalue weighted by atomic mass is 32.2. The van der Waals surface area contributed by atoms with E-state index in [9.17, 15) is 9.59 Å². The van der Waals surface area contributed by atoms with Crippen LogP contribution < -0.4 is 4.74 Å². The molecule has 3 heterocycles. The molecule has 0 saturated carbocycles. The minimum absolute atomic E-state index is 0.0325. The van der Waals surface area contributed by atoms with Crippen LogP contribution in [0.3, 0.4) is 0 Å². The molecule has 2 amide bonds. The summed E-state index contributed by atoms with van der Waals surface area (Å²) in [6, 6.07) is 23.5. The van der Waals surface area contributed by atoms with Crippen LogP contribution >= 0.6 is 11.8 Å². The number of methoxy groups -OCH3 is 1. The van der Waals surface area contributed by atoms with Crippen LogP contribution in [0.2, 0.25) is 0 Å². The smallest absolute Gasteiger partial charge is 0.254 e. The average Bonchev–Trinajstić information content (AvgIpc) is 3.36. The molecule has 44 heavy (non-hydrogen) atoms. The number of nitrogens with zero attached hydrogens (tertiary/aromatic N) is 6. The number of piperazine rings is 1. The summed E-state index contributed by atoms with van der Waals surface area (Å²) in [6.45, 7) is 8.19. The molecule has 2 unspecified atom stereocenters. The number of aromatic nitrogens is 4. The molecule has 3 aromatic carbocycles. The molecular formula is C34H36N6O3S. The van der Waals surface area contributed by atoms with Crippen LogP contribution in [-0.4, -0.2) is 79.4 Å². The van der Waals surface area contributed by atoms with E-state index in [-0.39, 0.29) is 23.1 Å². The molecule has 9 nitrogen and oxygen atoms in total. The first-order valence-electron chi connectivity index (χ1n) is 14.9. The van der Waals surface area contributed by atoms with Crippen molar-refractivity contribution in [3.63, 3.8) is 0 Å². The predicted octanol–water partition coefficient (Wildman–Crippen LogP) is 5.59. The van der Waals surface area contributed by atoms with Crippen molar-refractivity contribution in [1.82, 2.24) is 29.5 Å². The van der Waals surface area contributed by atoms with Crippen molar-refractivity contribution in [3.8, 4) is 5.75 Å². The first kappa shape index (κ1) is 29.6. The van der Waals surface area contributed by atoms with Gasteiger partial charge in [-0.3, -0.25) is 9.59 Å². The van der Waals surface area contributed by atoms with Gasteiger partial charge in [0, 0.05) is 43.2 Å². The molecule has 0 N–H and O–H groups in total. The van der Waals surface area contributed by atoms with E-state index in [0.717, 1.165) is 22.1 Å². The fourth-order valence-corrected chi connectivity index (χ4v) is 6.75. The van der Waals surface area contributed by atoms with Gasteiger partial charge >= 0.3 is 0 Å². The number of amides is 2. The summed E-state index contributed by atoms with van der Waals surface area (Å²) in [5.74, 6) is 0.701. The Bertz CT molecular complexity index is 1820. The normalized spacial score (nSPS) is 16.0. The summed E-state index contributed by atoms with van der Waals surface area (Å²) >= 11 is 1.36. The maximum absolute atomic E-state index is 13.8. The quantitative estimate of drug-likeness (QED) is 0.212. The number of aryl methyl sites for hydroxylation is 1. The van der Waals surface area contributed by atoms with Crippen molar-refractivity contribution in [1.29, 1.82) is 0 Å². The number of hydrogen-bond donors (Lipinski definition) is 0. The van der Waals surface area contributed by atoms with Crippen LogP contribution in [0.15, 0.2) is 78.0 Å². The lowest BCUT2D eigenvalue weighted by Gasteiger charge is -2.40. The number of thioether (sulfide) groups is 1. The number of carbonyl (C=O) groups excluding carboxylic acids is 2. The number of benzene rings is 3. The van der Waals surface area contributed by atoms with Crippen molar-refractivity contribution in [3.05, 3.63) is 89.5 Å². The number of fused-ring (bicyclic) bond motifs is 3. The summed E-state index contributed by atoms with van der Waals surface area (Å²) in [5.41, 5.74) is 5.60. The van der Waals surface area contributed by atoms with Gasteiger partial charge in [-0.15, -0.1) is 10.2 Å². The minimum Gasteiger partial charge on any atom is -0.497 e. The van der Waals surface area contributed by atoms with Crippen LogP contribution in [0.25, 0.3) is 22.1 Å². The lowest BCUT2D eigenvalue weighted by Crippen LogP contribution is -2.56. The monoisotopic (exact) mass is 608 g/mol. The summed E-state index contributed by atoms with van der Waals surface area (Å²) in [4.78, 5) is 35.6. The molecule has 1 aliphatic rings. The van der Waals surface area contributed by atoms with Gasteiger partial charge in [-0.2, -0.15) is 0 Å². The highest BCUT2D eigenvalue weighted by Crippen LogP contribution is 2.31. The summed E-state index contributed by atoms with van der Waals surface area (Å²) in [5, 5.41) is 10.2. The molecule has 0 bridgehead atoms. The number of para-hydroxylation sites is 1. The van der Waals surface area contributed by atoms with Gasteiger partial charge in [0.1, 0.15) is 11.3 Å². The van der Waals surface area contributed by atoms with Gasteiger partial charge in [-0.05, 0) is 61.7 Å². The van der Waals surface area contributed by atoms with E-state index in [2.05, 4.69) is 46.0 Å². The van der Waals surface area contributed by atoms with Gasteiger partial charge < -0.3 is 19.1 Å². The Kier molecular flexibility index (Phi) is 8.52. The Hall–Kier alpha value is -4.44. The standard InChI is InChI=1S/C34H36N6O3S/c1-5-29(33(42)38-18-19-39(23(3)20-38)32(41)24-14-16-26(43-4)17-15-24)44-34-35-31-30(36-37-34)27-12-8-9-13-28(27)40(31)21-25-11-7-6-10-22(25)2/h6-17,23,29H,5,18-21H2,1-4H3. The zero-order chi connectivity index (χ0) is 30.8. The van der Waals surface area contributed by atoms with Crippen LogP contribution in [0.5, 0.6) is 5.75 Å². The number of carbonyl (C=O) groups is 2. The van der Waals surface area contributed by atoms with Crippen molar-refractivity contribution in [2.45, 2.75) is 50.2 Å². The summed E-state index contributed by atoms with van der Waals surface area (Å²) < 4.78 is 7.41. The van der Waals surface area contributed by atoms with Gasteiger partial charge in [-0.25, -0.2) is 4.98 Å². The van der Waals surface area contributed by atoms with Crippen LogP contribution in [0.1, 0.15) is 41.8 Å². The Morgan fingerprint density at radius 3 is 2.48 bits per heavy atom. The molecule has 0 spiro atoms. The Balaban J connectivity index is 1.20. The largest absolute Gasteiger partial charge is 0.497 e. The third-order valence-electron chi connectivity index (χ3n) is 8.38. The Morgan fingerprint density at radius 2 is 1.75 bits per heavy atom. The van der Waals surface area contributed by atoms with Crippen molar-refractivity contribution in [2.75, 3.05) is 26.7 Å². The molecule has 5 aromatic rings. The van der Waals surface area contributed by atoms with Crippen LogP contribution in [-0.2, 0) is 11.3 Å². The molecule has 226 valence electrons. The highest BCUT2D eigenvalue weighted by molar-refractivity contribution is 8.00. The maximum atomic E-state index is 13.8. The van der Waals surface area contributed by atoms with E-state index in [4.69, 9.17) is 9.72 Å². The fourth-order valence-electron chi connectivity index (χ4n) is 5.86. The predicted molar refractivity (Wildman–Crippen MR) is 173 cm³/mol. The molecule has 0 aliphatic carbocycles. The number of ether oxygens (including phenoxy) is 1. The van der Waals surface area contributed by atoms with Gasteiger partial charge in [0.05, 0.1) is 17.9 Å². The number of hydrogen-bond acceptors (Lipinski definition) is 7. The molecule has 2 aromatic heterocycles. The van der Waals surface area contributed by atoms with E-state index in [1.165, 1.54) is 22.9 Å². The molecule has 10 heteroatoms. The third-order valence-corrected chi connectivity index (χ3v) is 9.58. The molecule has 1 aliphatic heterocycles. The molecule has 1 fully saturated rings.